The third-order valence-corrected chi connectivity index (χ3v) is 4.10. The molecule has 1 fully saturated rings. The third kappa shape index (κ3) is 3.81. The molecule has 0 aliphatic heterocycles. The van der Waals surface area contributed by atoms with Gasteiger partial charge in [0.2, 0.25) is 0 Å². The second-order valence-electron chi connectivity index (χ2n) is 6.05. The Balaban J connectivity index is 2.15. The van der Waals surface area contributed by atoms with Crippen molar-refractivity contribution >= 4 is 0 Å². The highest BCUT2D eigenvalue weighted by atomic mass is 16.5. The van der Waals surface area contributed by atoms with Gasteiger partial charge in [0.25, 0.3) is 0 Å². The molecule has 3 heteroatoms. The van der Waals surface area contributed by atoms with Gasteiger partial charge in [0.15, 0.2) is 0 Å². The monoisotopic (exact) mass is 277 g/mol. The molecule has 20 heavy (non-hydrogen) atoms. The van der Waals surface area contributed by atoms with E-state index in [9.17, 15) is 5.11 Å². The van der Waals surface area contributed by atoms with Gasteiger partial charge in [-0.1, -0.05) is 44.2 Å². The van der Waals surface area contributed by atoms with Crippen molar-refractivity contribution < 1.29 is 9.84 Å². The first-order chi connectivity index (χ1) is 9.65. The maximum absolute atomic E-state index is 10.8. The molecule has 1 aliphatic rings. The van der Waals surface area contributed by atoms with Crippen LogP contribution in [0.3, 0.4) is 0 Å². The van der Waals surface area contributed by atoms with Gasteiger partial charge in [-0.25, -0.2) is 0 Å². The highest BCUT2D eigenvalue weighted by molar-refractivity contribution is 5.19. The Kier molecular flexibility index (Phi) is 5.58. The van der Waals surface area contributed by atoms with Crippen LogP contribution < -0.4 is 0 Å². The summed E-state index contributed by atoms with van der Waals surface area (Å²) in [5.74, 6) is 0.405. The first-order valence-corrected chi connectivity index (χ1v) is 7.62. The first-order valence-electron chi connectivity index (χ1n) is 7.62. The molecule has 1 N–H and O–H groups in total. The predicted octanol–water partition coefficient (Wildman–Crippen LogP) is 2.86. The molecule has 2 rings (SSSR count). The highest BCUT2D eigenvalue weighted by Crippen LogP contribution is 2.35. The number of ether oxygens (including phenoxy) is 1. The molecule has 2 unspecified atom stereocenters. The van der Waals surface area contributed by atoms with E-state index >= 15 is 0 Å². The second-order valence-corrected chi connectivity index (χ2v) is 6.05. The Hall–Kier alpha value is -0.900. The van der Waals surface area contributed by atoms with Crippen molar-refractivity contribution in [2.75, 3.05) is 20.3 Å². The number of nitrogens with zero attached hydrogens (tertiary/aromatic N) is 1. The molecule has 0 saturated heterocycles. The summed E-state index contributed by atoms with van der Waals surface area (Å²) in [4.78, 5) is 2.45. The van der Waals surface area contributed by atoms with E-state index in [1.807, 2.05) is 30.3 Å². The number of aliphatic hydroxyl groups excluding tert-OH is 1. The van der Waals surface area contributed by atoms with E-state index in [1.54, 1.807) is 7.11 Å². The molecule has 0 amide bonds. The standard InChI is InChI=1S/C17H27NO2/c1-13(2)16(17(19)14-7-5-4-6-8-14)18(11-12-20-3)15-9-10-15/h4-8,13,15-17,19H,9-12H2,1-3H3. The number of benzene rings is 1. The van der Waals surface area contributed by atoms with Crippen LogP contribution in [0.15, 0.2) is 30.3 Å². The molecule has 1 aliphatic carbocycles. The highest BCUT2D eigenvalue weighted by Gasteiger charge is 2.38. The summed E-state index contributed by atoms with van der Waals surface area (Å²) in [5.41, 5.74) is 1.01. The fraction of sp³-hybridized carbons (Fsp3) is 0.647. The maximum Gasteiger partial charge on any atom is 0.0947 e. The lowest BCUT2D eigenvalue weighted by Gasteiger charge is -2.38. The van der Waals surface area contributed by atoms with E-state index < -0.39 is 6.10 Å². The molecule has 0 spiro atoms. The van der Waals surface area contributed by atoms with E-state index in [0.717, 1.165) is 18.7 Å². The quantitative estimate of drug-likeness (QED) is 0.793. The normalized spacial score (nSPS) is 18.5. The average molecular weight is 277 g/mol. The second kappa shape index (κ2) is 7.21. The van der Waals surface area contributed by atoms with Crippen LogP contribution >= 0.6 is 0 Å². The van der Waals surface area contributed by atoms with Crippen LogP contribution in [0.4, 0.5) is 0 Å². The number of hydrogen-bond donors (Lipinski definition) is 1. The van der Waals surface area contributed by atoms with Gasteiger partial charge in [0.05, 0.1) is 12.7 Å². The van der Waals surface area contributed by atoms with E-state index in [-0.39, 0.29) is 6.04 Å². The van der Waals surface area contributed by atoms with Gasteiger partial charge in [-0.15, -0.1) is 0 Å². The van der Waals surface area contributed by atoms with Gasteiger partial charge in [-0.3, -0.25) is 4.90 Å². The lowest BCUT2D eigenvalue weighted by atomic mass is 9.91. The number of methoxy groups -OCH3 is 1. The van der Waals surface area contributed by atoms with E-state index in [4.69, 9.17) is 4.74 Å². The molecule has 3 nitrogen and oxygen atoms in total. The van der Waals surface area contributed by atoms with Gasteiger partial charge in [0, 0.05) is 25.7 Å². The Morgan fingerprint density at radius 2 is 1.90 bits per heavy atom. The minimum absolute atomic E-state index is 0.153. The summed E-state index contributed by atoms with van der Waals surface area (Å²) >= 11 is 0. The first kappa shape index (κ1) is 15.5. The maximum atomic E-state index is 10.8. The third-order valence-electron chi connectivity index (χ3n) is 4.10. The van der Waals surface area contributed by atoms with Crippen LogP contribution in [0.2, 0.25) is 0 Å². The Labute approximate surface area is 122 Å². The summed E-state index contributed by atoms with van der Waals surface area (Å²) < 4.78 is 5.24. The van der Waals surface area contributed by atoms with Gasteiger partial charge >= 0.3 is 0 Å². The van der Waals surface area contributed by atoms with Crippen LogP contribution in [0, 0.1) is 5.92 Å². The molecule has 2 atom stereocenters. The van der Waals surface area contributed by atoms with Gasteiger partial charge in [0.1, 0.15) is 0 Å². The van der Waals surface area contributed by atoms with Crippen molar-refractivity contribution in [2.45, 2.75) is 44.9 Å². The molecule has 1 saturated carbocycles. The molecule has 0 radical (unpaired) electrons. The topological polar surface area (TPSA) is 32.7 Å². The summed E-state index contributed by atoms with van der Waals surface area (Å²) in [6.45, 7) is 6.01. The summed E-state index contributed by atoms with van der Waals surface area (Å²) in [5, 5.41) is 10.8. The number of rotatable bonds is 8. The lowest BCUT2D eigenvalue weighted by molar-refractivity contribution is 0.00525. The summed E-state index contributed by atoms with van der Waals surface area (Å²) in [7, 11) is 1.74. The zero-order chi connectivity index (χ0) is 14.5. The largest absolute Gasteiger partial charge is 0.387 e. The van der Waals surface area contributed by atoms with Crippen molar-refractivity contribution in [2.24, 2.45) is 5.92 Å². The summed E-state index contributed by atoms with van der Waals surface area (Å²) in [6.07, 6.45) is 2.05. The molecule has 0 bridgehead atoms. The molecule has 0 heterocycles. The number of aliphatic hydroxyl groups is 1. The molecule has 112 valence electrons. The van der Waals surface area contributed by atoms with E-state index in [1.165, 1.54) is 12.8 Å². The van der Waals surface area contributed by atoms with Crippen molar-refractivity contribution in [1.82, 2.24) is 4.90 Å². The Bertz CT molecular complexity index is 389. The minimum Gasteiger partial charge on any atom is -0.387 e. The van der Waals surface area contributed by atoms with Crippen molar-refractivity contribution in [3.05, 3.63) is 35.9 Å². The fourth-order valence-electron chi connectivity index (χ4n) is 2.95. The molecular formula is C17H27NO2. The minimum atomic E-state index is -0.436. The Morgan fingerprint density at radius 3 is 2.40 bits per heavy atom. The average Bonchev–Trinajstić information content (AvgIpc) is 3.28. The number of hydrogen-bond acceptors (Lipinski definition) is 3. The van der Waals surface area contributed by atoms with E-state index in [0.29, 0.717) is 12.0 Å². The van der Waals surface area contributed by atoms with Crippen LogP contribution in [0.25, 0.3) is 0 Å². The van der Waals surface area contributed by atoms with Crippen molar-refractivity contribution in [3.63, 3.8) is 0 Å². The molecule has 0 aromatic heterocycles. The lowest BCUT2D eigenvalue weighted by Crippen LogP contribution is -2.46. The zero-order valence-electron chi connectivity index (χ0n) is 12.8. The van der Waals surface area contributed by atoms with Crippen molar-refractivity contribution in [1.29, 1.82) is 0 Å². The summed E-state index contributed by atoms with van der Waals surface area (Å²) in [6, 6.07) is 10.8. The van der Waals surface area contributed by atoms with Gasteiger partial charge in [-0.2, -0.15) is 0 Å². The SMILES string of the molecule is COCCN(C1CC1)C(C(C)C)C(O)c1ccccc1. The fourth-order valence-corrected chi connectivity index (χ4v) is 2.95. The van der Waals surface area contributed by atoms with Crippen LogP contribution in [-0.2, 0) is 4.74 Å². The van der Waals surface area contributed by atoms with Crippen LogP contribution in [0.1, 0.15) is 38.4 Å². The van der Waals surface area contributed by atoms with Gasteiger partial charge in [-0.05, 0) is 24.3 Å². The molecule has 1 aromatic carbocycles. The molecular weight excluding hydrogens is 250 g/mol. The smallest absolute Gasteiger partial charge is 0.0947 e. The van der Waals surface area contributed by atoms with Crippen molar-refractivity contribution in [3.8, 4) is 0 Å². The molecule has 1 aromatic rings. The van der Waals surface area contributed by atoms with Crippen LogP contribution in [0.5, 0.6) is 0 Å². The zero-order valence-corrected chi connectivity index (χ0v) is 12.8. The Morgan fingerprint density at radius 1 is 1.25 bits per heavy atom. The van der Waals surface area contributed by atoms with Crippen LogP contribution in [-0.4, -0.2) is 42.4 Å². The van der Waals surface area contributed by atoms with E-state index in [2.05, 4.69) is 18.7 Å². The predicted molar refractivity (Wildman–Crippen MR) is 81.6 cm³/mol. The van der Waals surface area contributed by atoms with Gasteiger partial charge < -0.3 is 9.84 Å².